The Kier molecular flexibility index (Phi) is 7.50. The highest BCUT2D eigenvalue weighted by atomic mass is 32.2. The topological polar surface area (TPSA) is 113 Å². The van der Waals surface area contributed by atoms with Crippen molar-refractivity contribution in [3.63, 3.8) is 0 Å². The van der Waals surface area contributed by atoms with Crippen molar-refractivity contribution in [1.82, 2.24) is 15.8 Å². The molecule has 0 fully saturated rings. The van der Waals surface area contributed by atoms with Crippen molar-refractivity contribution in [1.29, 1.82) is 0 Å². The molecule has 0 radical (unpaired) electrons. The van der Waals surface area contributed by atoms with E-state index < -0.39 is 29.5 Å². The maximum absolute atomic E-state index is 13.4. The number of thioether (sulfide) groups is 1. The maximum Gasteiger partial charge on any atom is 0.246 e. The average molecular weight is 412 g/mol. The van der Waals surface area contributed by atoms with Gasteiger partial charge in [-0.05, 0) is 24.6 Å². The van der Waals surface area contributed by atoms with Crippen LogP contribution in [0.3, 0.4) is 0 Å². The molecule has 3 N–H and O–H groups in total. The lowest BCUT2D eigenvalue weighted by Crippen LogP contribution is -2.40. The number of carbonyl (C=O) groups is 3. The van der Waals surface area contributed by atoms with Crippen LogP contribution in [0.2, 0.25) is 0 Å². The molecule has 1 atom stereocenters. The van der Waals surface area contributed by atoms with E-state index in [0.29, 0.717) is 5.76 Å². The van der Waals surface area contributed by atoms with Gasteiger partial charge in [0, 0.05) is 13.1 Å². The largest absolute Gasteiger partial charge is 0.360 e. The van der Waals surface area contributed by atoms with Crippen LogP contribution < -0.4 is 16.0 Å². The van der Waals surface area contributed by atoms with Gasteiger partial charge in [-0.2, -0.15) is 0 Å². The number of carbonyl (C=O) groups excluding carboxylic acids is 3. The maximum atomic E-state index is 13.4. The predicted octanol–water partition coefficient (Wildman–Crippen LogP) is 1.54. The third-order valence-electron chi connectivity index (χ3n) is 3.45. The summed E-state index contributed by atoms with van der Waals surface area (Å²) in [4.78, 5) is 35.9. The number of nitrogens with one attached hydrogen (secondary N) is 3. The molecule has 11 heteroatoms. The first-order chi connectivity index (χ1) is 13.3. The molecule has 0 bridgehead atoms. The summed E-state index contributed by atoms with van der Waals surface area (Å²) in [7, 11) is 1.35. The van der Waals surface area contributed by atoms with E-state index in [9.17, 15) is 23.2 Å². The highest BCUT2D eigenvalue weighted by molar-refractivity contribution is 8.00. The SMILES string of the molecule is CNC(=O)C(NC(=O)CSCC(=O)Nc1cc(C)on1)c1ccc(F)c(F)c1. The van der Waals surface area contributed by atoms with Crippen molar-refractivity contribution < 1.29 is 27.7 Å². The molecule has 28 heavy (non-hydrogen) atoms. The Morgan fingerprint density at radius 2 is 1.86 bits per heavy atom. The zero-order chi connectivity index (χ0) is 20.7. The number of benzene rings is 1. The number of aromatic nitrogens is 1. The first-order valence-electron chi connectivity index (χ1n) is 8.07. The highest BCUT2D eigenvalue weighted by Gasteiger charge is 2.23. The molecular formula is C17H18F2N4O4S. The van der Waals surface area contributed by atoms with E-state index in [1.54, 1.807) is 13.0 Å². The van der Waals surface area contributed by atoms with E-state index in [2.05, 4.69) is 21.1 Å². The summed E-state index contributed by atoms with van der Waals surface area (Å²) in [5, 5.41) is 10.9. The van der Waals surface area contributed by atoms with E-state index in [0.717, 1.165) is 23.9 Å². The van der Waals surface area contributed by atoms with Gasteiger partial charge in [0.15, 0.2) is 17.5 Å². The second-order valence-electron chi connectivity index (χ2n) is 5.65. The van der Waals surface area contributed by atoms with Crippen molar-refractivity contribution in [2.24, 2.45) is 0 Å². The molecule has 0 aliphatic heterocycles. The van der Waals surface area contributed by atoms with E-state index in [4.69, 9.17) is 4.52 Å². The summed E-state index contributed by atoms with van der Waals surface area (Å²) in [6.07, 6.45) is 0. The van der Waals surface area contributed by atoms with E-state index >= 15 is 0 Å². The summed E-state index contributed by atoms with van der Waals surface area (Å²) >= 11 is 1.01. The van der Waals surface area contributed by atoms with Crippen LogP contribution in [0.25, 0.3) is 0 Å². The Hall–Kier alpha value is -2.95. The lowest BCUT2D eigenvalue weighted by atomic mass is 10.1. The van der Waals surface area contributed by atoms with Crippen LogP contribution in [0.5, 0.6) is 0 Å². The van der Waals surface area contributed by atoms with Crippen LogP contribution in [-0.4, -0.2) is 41.4 Å². The molecule has 150 valence electrons. The number of likely N-dealkylation sites (N-methyl/N-ethyl adjacent to an activating group) is 1. The van der Waals surface area contributed by atoms with Gasteiger partial charge in [0.1, 0.15) is 11.8 Å². The first-order valence-corrected chi connectivity index (χ1v) is 9.22. The molecule has 1 heterocycles. The average Bonchev–Trinajstić information content (AvgIpc) is 3.06. The Balaban J connectivity index is 1.88. The fourth-order valence-corrected chi connectivity index (χ4v) is 2.81. The second kappa shape index (κ2) is 9.83. The monoisotopic (exact) mass is 412 g/mol. The number of anilines is 1. The fraction of sp³-hybridized carbons (Fsp3) is 0.294. The zero-order valence-electron chi connectivity index (χ0n) is 15.0. The van der Waals surface area contributed by atoms with Crippen LogP contribution in [-0.2, 0) is 14.4 Å². The molecule has 8 nitrogen and oxygen atoms in total. The molecule has 0 saturated heterocycles. The van der Waals surface area contributed by atoms with Gasteiger partial charge in [0.25, 0.3) is 0 Å². The van der Waals surface area contributed by atoms with Gasteiger partial charge in [-0.25, -0.2) is 8.78 Å². The van der Waals surface area contributed by atoms with E-state index in [-0.39, 0.29) is 28.8 Å². The van der Waals surface area contributed by atoms with Gasteiger partial charge in [-0.15, -0.1) is 11.8 Å². The smallest absolute Gasteiger partial charge is 0.246 e. The third-order valence-corrected chi connectivity index (χ3v) is 4.39. The van der Waals surface area contributed by atoms with Crippen molar-refractivity contribution in [2.45, 2.75) is 13.0 Å². The van der Waals surface area contributed by atoms with Gasteiger partial charge in [-0.3, -0.25) is 14.4 Å². The Bertz CT molecular complexity index is 875. The molecule has 2 aromatic rings. The number of nitrogens with zero attached hydrogens (tertiary/aromatic N) is 1. The van der Waals surface area contributed by atoms with Crippen LogP contribution in [0.1, 0.15) is 17.4 Å². The standard InChI is InChI=1S/C17H18F2N4O4S/c1-9-5-13(23-27-9)21-14(24)7-28-8-15(25)22-16(17(26)20-2)10-3-4-11(18)12(19)6-10/h3-6,16H,7-8H2,1-2H3,(H,20,26)(H,22,25)(H,21,23,24). The number of amides is 3. The predicted molar refractivity (Wildman–Crippen MR) is 98.5 cm³/mol. The molecule has 0 aliphatic carbocycles. The van der Waals surface area contributed by atoms with Gasteiger partial charge in [0.05, 0.1) is 11.5 Å². The van der Waals surface area contributed by atoms with Gasteiger partial charge in [0.2, 0.25) is 17.7 Å². The number of halogens is 2. The summed E-state index contributed by atoms with van der Waals surface area (Å²) in [6, 6.07) is 3.28. The van der Waals surface area contributed by atoms with Crippen molar-refractivity contribution in [2.75, 3.05) is 23.9 Å². The molecule has 1 unspecified atom stereocenters. The number of rotatable bonds is 8. The Labute approximate surface area is 163 Å². The van der Waals surface area contributed by atoms with Crippen molar-refractivity contribution in [3.8, 4) is 0 Å². The molecule has 1 aromatic carbocycles. The summed E-state index contributed by atoms with van der Waals surface area (Å²) < 4.78 is 31.3. The van der Waals surface area contributed by atoms with Crippen LogP contribution in [0, 0.1) is 18.6 Å². The fourth-order valence-electron chi connectivity index (χ4n) is 2.18. The van der Waals surface area contributed by atoms with Gasteiger partial charge in [-0.1, -0.05) is 11.2 Å². The minimum atomic E-state index is -1.19. The highest BCUT2D eigenvalue weighted by Crippen LogP contribution is 2.17. The quantitative estimate of drug-likeness (QED) is 0.606. The van der Waals surface area contributed by atoms with E-state index in [1.165, 1.54) is 13.1 Å². The number of aryl methyl sites for hydroxylation is 1. The van der Waals surface area contributed by atoms with Gasteiger partial charge < -0.3 is 20.5 Å². The Morgan fingerprint density at radius 1 is 1.14 bits per heavy atom. The normalized spacial score (nSPS) is 11.6. The lowest BCUT2D eigenvalue weighted by molar-refractivity contribution is -0.127. The van der Waals surface area contributed by atoms with Crippen LogP contribution in [0.15, 0.2) is 28.8 Å². The molecule has 0 aliphatic rings. The summed E-state index contributed by atoms with van der Waals surface area (Å²) in [5.41, 5.74) is 0.0933. The summed E-state index contributed by atoms with van der Waals surface area (Å²) in [5.74, 6) is -3.06. The first kappa shape index (κ1) is 21.4. The molecule has 1 aromatic heterocycles. The molecule has 3 amide bonds. The van der Waals surface area contributed by atoms with Crippen molar-refractivity contribution >= 4 is 35.3 Å². The Morgan fingerprint density at radius 3 is 2.46 bits per heavy atom. The molecule has 0 saturated carbocycles. The van der Waals surface area contributed by atoms with Crippen molar-refractivity contribution in [3.05, 3.63) is 47.2 Å². The second-order valence-corrected chi connectivity index (χ2v) is 6.64. The summed E-state index contributed by atoms with van der Waals surface area (Å²) in [6.45, 7) is 1.68. The molecule has 2 rings (SSSR count). The zero-order valence-corrected chi connectivity index (χ0v) is 15.9. The van der Waals surface area contributed by atoms with Crippen LogP contribution >= 0.6 is 11.8 Å². The number of hydrogen-bond donors (Lipinski definition) is 3. The van der Waals surface area contributed by atoms with E-state index in [1.807, 2.05) is 0 Å². The molecular weight excluding hydrogens is 394 g/mol. The lowest BCUT2D eigenvalue weighted by Gasteiger charge is -2.18. The minimum Gasteiger partial charge on any atom is -0.360 e. The van der Waals surface area contributed by atoms with Gasteiger partial charge >= 0.3 is 0 Å². The van der Waals surface area contributed by atoms with Crippen LogP contribution in [0.4, 0.5) is 14.6 Å². The minimum absolute atomic E-state index is 0.0326. The number of hydrogen-bond acceptors (Lipinski definition) is 6. The third kappa shape index (κ3) is 6.05. The molecule has 0 spiro atoms.